The second-order valence-corrected chi connectivity index (χ2v) is 3.77. The van der Waals surface area contributed by atoms with Crippen molar-refractivity contribution < 1.29 is 4.79 Å². The van der Waals surface area contributed by atoms with Crippen LogP contribution in [0.2, 0.25) is 0 Å². The molecule has 0 radical (unpaired) electrons. The fraction of sp³-hybridized carbons (Fsp3) is 0.167. The average molecular weight is 284 g/mol. The summed E-state index contributed by atoms with van der Waals surface area (Å²) in [5.41, 5.74) is 0.829. The quantitative estimate of drug-likeness (QED) is 0.689. The summed E-state index contributed by atoms with van der Waals surface area (Å²) in [6.45, 7) is 0. The van der Waals surface area contributed by atoms with Crippen molar-refractivity contribution in [2.24, 2.45) is 0 Å². The first kappa shape index (κ1) is 8.56. The van der Waals surface area contributed by atoms with Gasteiger partial charge in [-0.25, -0.2) is 0 Å². The Morgan fingerprint density at radius 1 is 1.70 bits per heavy atom. The molecular weight excluding hydrogens is 280 g/mol. The van der Waals surface area contributed by atoms with E-state index in [1.165, 1.54) is 11.8 Å². The van der Waals surface area contributed by atoms with Crippen LogP contribution in [-0.4, -0.2) is 10.4 Å². The lowest BCUT2D eigenvalue weighted by atomic mass is 10.3. The molecule has 0 aliphatic carbocycles. The zero-order chi connectivity index (χ0) is 7.56. The van der Waals surface area contributed by atoms with Crippen LogP contribution in [0.3, 0.4) is 0 Å². The van der Waals surface area contributed by atoms with Gasteiger partial charge in [0, 0.05) is 15.8 Å². The van der Waals surface area contributed by atoms with Gasteiger partial charge in [0.15, 0.2) is 0 Å². The van der Waals surface area contributed by atoms with Crippen LogP contribution in [0, 0.1) is 0 Å². The van der Waals surface area contributed by atoms with Gasteiger partial charge >= 0.3 is 0 Å². The Labute approximate surface area is 80.2 Å². The van der Waals surface area contributed by atoms with Crippen LogP contribution in [-0.2, 0) is 4.79 Å². The molecule has 0 aromatic heterocycles. The molecule has 0 aromatic carbocycles. The second kappa shape index (κ2) is 3.74. The van der Waals surface area contributed by atoms with Crippen LogP contribution in [0.1, 0.15) is 0 Å². The van der Waals surface area contributed by atoms with Crippen molar-refractivity contribution >= 4 is 48.7 Å². The van der Waals surface area contributed by atoms with E-state index in [9.17, 15) is 4.79 Å². The zero-order valence-electron chi connectivity index (χ0n) is 4.93. The summed E-state index contributed by atoms with van der Waals surface area (Å²) in [7, 11) is 0. The summed E-state index contributed by atoms with van der Waals surface area (Å²) in [6.07, 6.45) is 1.87. The van der Waals surface area contributed by atoms with Crippen LogP contribution in [0.5, 0.6) is 0 Å². The van der Waals surface area contributed by atoms with Gasteiger partial charge in [0.1, 0.15) is 0 Å². The molecule has 1 nitrogen and oxygen atoms in total. The zero-order valence-corrected chi connectivity index (χ0v) is 8.92. The molecule has 1 aliphatic rings. The number of halogens is 2. The molecule has 1 heterocycles. The minimum absolute atomic E-state index is 0.141. The summed E-state index contributed by atoms with van der Waals surface area (Å²) in [5.74, 6) is 0. The van der Waals surface area contributed by atoms with Gasteiger partial charge in [0.2, 0.25) is 5.12 Å². The lowest BCUT2D eigenvalue weighted by molar-refractivity contribution is -0.107. The summed E-state index contributed by atoms with van der Waals surface area (Å²) in [6, 6.07) is 0. The smallest absolute Gasteiger partial charge is 0.220 e. The molecule has 0 saturated heterocycles. The Hall–Kier alpha value is 0.460. The highest BCUT2D eigenvalue weighted by Gasteiger charge is 2.17. The third kappa shape index (κ3) is 1.74. The van der Waals surface area contributed by atoms with E-state index in [2.05, 4.69) is 31.9 Å². The molecule has 0 N–H and O–H groups in total. The van der Waals surface area contributed by atoms with Crippen LogP contribution < -0.4 is 0 Å². The standard InChI is InChI=1S/C6H4Br2OS/c7-2-4-1-5(3-8)10-6(4)9/h1,3H,2H2/b5-3-. The lowest BCUT2D eigenvalue weighted by Crippen LogP contribution is -1.90. The lowest BCUT2D eigenvalue weighted by Gasteiger charge is -1.86. The fourth-order valence-electron chi connectivity index (χ4n) is 0.580. The van der Waals surface area contributed by atoms with Gasteiger partial charge in [-0.05, 0) is 22.8 Å². The van der Waals surface area contributed by atoms with Crippen LogP contribution in [0.15, 0.2) is 21.5 Å². The van der Waals surface area contributed by atoms with Gasteiger partial charge in [-0.15, -0.1) is 0 Å². The first-order valence-corrected chi connectivity index (χ1v) is 5.42. The largest absolute Gasteiger partial charge is 0.282 e. The van der Waals surface area contributed by atoms with Crippen molar-refractivity contribution in [1.82, 2.24) is 0 Å². The van der Waals surface area contributed by atoms with Crippen LogP contribution in [0.25, 0.3) is 0 Å². The number of alkyl halides is 1. The van der Waals surface area contributed by atoms with Gasteiger partial charge < -0.3 is 0 Å². The Kier molecular flexibility index (Phi) is 3.20. The van der Waals surface area contributed by atoms with Crippen molar-refractivity contribution in [2.75, 3.05) is 5.33 Å². The third-order valence-corrected chi connectivity index (χ3v) is 3.36. The molecule has 0 fully saturated rings. The number of carbonyl (C=O) groups excluding carboxylic acids is 1. The van der Waals surface area contributed by atoms with Crippen molar-refractivity contribution in [3.05, 3.63) is 21.5 Å². The van der Waals surface area contributed by atoms with Crippen molar-refractivity contribution in [1.29, 1.82) is 0 Å². The summed E-state index contributed by atoms with van der Waals surface area (Å²) in [4.78, 5) is 13.7. The van der Waals surface area contributed by atoms with Crippen molar-refractivity contribution in [3.63, 3.8) is 0 Å². The number of carbonyl (C=O) groups is 1. The minimum atomic E-state index is 0.141. The topological polar surface area (TPSA) is 17.1 Å². The summed E-state index contributed by atoms with van der Waals surface area (Å²) in [5, 5.41) is 0.783. The van der Waals surface area contributed by atoms with Gasteiger partial charge in [0.25, 0.3) is 0 Å². The first-order chi connectivity index (χ1) is 4.77. The van der Waals surface area contributed by atoms with Gasteiger partial charge in [-0.2, -0.15) is 0 Å². The molecule has 1 rings (SSSR count). The van der Waals surface area contributed by atoms with Crippen LogP contribution in [0.4, 0.5) is 0 Å². The molecule has 0 atom stereocenters. The van der Waals surface area contributed by atoms with E-state index in [0.717, 1.165) is 10.5 Å². The van der Waals surface area contributed by atoms with E-state index in [4.69, 9.17) is 0 Å². The highest BCUT2D eigenvalue weighted by atomic mass is 79.9. The molecule has 0 amide bonds. The number of allylic oxidation sites excluding steroid dienone is 1. The number of hydrogen-bond acceptors (Lipinski definition) is 2. The Morgan fingerprint density at radius 3 is 2.70 bits per heavy atom. The van der Waals surface area contributed by atoms with Crippen LogP contribution >= 0.6 is 43.6 Å². The molecule has 0 aromatic rings. The van der Waals surface area contributed by atoms with Gasteiger partial charge in [-0.1, -0.05) is 31.9 Å². The Bertz CT molecular complexity index is 220. The summed E-state index contributed by atoms with van der Waals surface area (Å²) < 4.78 is 0. The van der Waals surface area contributed by atoms with Crippen molar-refractivity contribution in [2.45, 2.75) is 0 Å². The second-order valence-electron chi connectivity index (χ2n) is 1.70. The SMILES string of the molecule is O=C1S/C(=C\Br)C=C1CBr. The van der Waals surface area contributed by atoms with E-state index in [-0.39, 0.29) is 5.12 Å². The number of thioether (sulfide) groups is 1. The van der Waals surface area contributed by atoms with Gasteiger partial charge in [-0.3, -0.25) is 4.79 Å². The fourth-order valence-corrected chi connectivity index (χ4v) is 2.32. The molecule has 10 heavy (non-hydrogen) atoms. The molecular formula is C6H4Br2OS. The molecule has 1 aliphatic heterocycles. The van der Waals surface area contributed by atoms with E-state index in [1.54, 1.807) is 4.99 Å². The molecule has 0 spiro atoms. The predicted molar refractivity (Wildman–Crippen MR) is 51.5 cm³/mol. The number of hydrogen-bond donors (Lipinski definition) is 0. The van der Waals surface area contributed by atoms with E-state index >= 15 is 0 Å². The third-order valence-electron chi connectivity index (χ3n) is 1.04. The molecule has 4 heteroatoms. The minimum Gasteiger partial charge on any atom is -0.282 e. The van der Waals surface area contributed by atoms with Gasteiger partial charge in [0.05, 0.1) is 0 Å². The van der Waals surface area contributed by atoms with E-state index in [0.29, 0.717) is 5.33 Å². The normalized spacial score (nSPS) is 22.0. The van der Waals surface area contributed by atoms with E-state index in [1.807, 2.05) is 6.08 Å². The van der Waals surface area contributed by atoms with Crippen molar-refractivity contribution in [3.8, 4) is 0 Å². The highest BCUT2D eigenvalue weighted by molar-refractivity contribution is 9.11. The van der Waals surface area contributed by atoms with E-state index < -0.39 is 0 Å². The molecule has 0 saturated carbocycles. The monoisotopic (exact) mass is 282 g/mol. The average Bonchev–Trinajstić information content (AvgIpc) is 2.30. The summed E-state index contributed by atoms with van der Waals surface area (Å²) >= 11 is 7.64. The maximum atomic E-state index is 11.0. The maximum Gasteiger partial charge on any atom is 0.220 e. The predicted octanol–water partition coefficient (Wildman–Crippen LogP) is 2.82. The Morgan fingerprint density at radius 2 is 2.40 bits per heavy atom. The molecule has 54 valence electrons. The Balaban J connectivity index is 2.82. The first-order valence-electron chi connectivity index (χ1n) is 2.57. The molecule has 0 bridgehead atoms. The highest BCUT2D eigenvalue weighted by Crippen LogP contribution is 2.31. The number of rotatable bonds is 1. The maximum absolute atomic E-state index is 11.0. The molecule has 0 unspecified atom stereocenters.